The predicted octanol–water partition coefficient (Wildman–Crippen LogP) is 3.17. The summed E-state index contributed by atoms with van der Waals surface area (Å²) in [7, 11) is 0. The minimum Gasteiger partial charge on any atom is -0.335 e. The molecule has 0 aliphatic carbocycles. The van der Waals surface area contributed by atoms with Crippen molar-refractivity contribution in [2.24, 2.45) is 0 Å². The van der Waals surface area contributed by atoms with Crippen molar-refractivity contribution in [1.29, 1.82) is 0 Å². The second-order valence-corrected chi connectivity index (χ2v) is 7.55. The van der Waals surface area contributed by atoms with E-state index in [1.807, 2.05) is 0 Å². The molecule has 0 spiro atoms. The lowest BCUT2D eigenvalue weighted by Gasteiger charge is -2.35. The number of hydrogen-bond acceptors (Lipinski definition) is 5. The lowest BCUT2D eigenvalue weighted by Crippen LogP contribution is -2.50. The Bertz CT molecular complexity index is 1190. The highest BCUT2D eigenvalue weighted by molar-refractivity contribution is 6.33. The van der Waals surface area contributed by atoms with Gasteiger partial charge in [0.05, 0.1) is 21.8 Å². The van der Waals surface area contributed by atoms with E-state index in [0.29, 0.717) is 5.69 Å². The van der Waals surface area contributed by atoms with Crippen molar-refractivity contribution in [2.45, 2.75) is 0 Å². The van der Waals surface area contributed by atoms with Gasteiger partial charge in [-0.25, -0.2) is 9.37 Å². The van der Waals surface area contributed by atoms with E-state index in [4.69, 9.17) is 11.6 Å². The summed E-state index contributed by atoms with van der Waals surface area (Å²) in [5, 5.41) is 11.6. The number of halogens is 2. The maximum Gasteiger partial charge on any atom is 0.294 e. The van der Waals surface area contributed by atoms with E-state index in [1.54, 1.807) is 6.20 Å². The highest BCUT2D eigenvalue weighted by Crippen LogP contribution is 2.25. The number of benzene rings is 2. The molecule has 0 N–H and O–H groups in total. The van der Waals surface area contributed by atoms with E-state index >= 15 is 0 Å². The third-order valence-corrected chi connectivity index (χ3v) is 5.53. The molecule has 4 rings (SSSR count). The van der Waals surface area contributed by atoms with E-state index in [9.17, 15) is 24.1 Å². The number of piperazine rings is 1. The molecule has 0 unspecified atom stereocenters. The summed E-state index contributed by atoms with van der Waals surface area (Å²) in [6.07, 6.45) is 4.52. The number of nitro benzene ring substituents is 1. The van der Waals surface area contributed by atoms with Gasteiger partial charge in [-0.3, -0.25) is 19.7 Å². The van der Waals surface area contributed by atoms with E-state index in [0.717, 1.165) is 6.07 Å². The van der Waals surface area contributed by atoms with Crippen molar-refractivity contribution >= 4 is 29.1 Å². The number of hydrogen-bond donors (Lipinski definition) is 0. The number of nitrogens with zero attached hydrogens (tertiary/aromatic N) is 5. The van der Waals surface area contributed by atoms with Crippen molar-refractivity contribution in [3.63, 3.8) is 0 Å². The number of rotatable bonds is 4. The van der Waals surface area contributed by atoms with Crippen LogP contribution in [0.1, 0.15) is 20.7 Å². The Morgan fingerprint density at radius 3 is 2.31 bits per heavy atom. The standard InChI is InChI=1S/C21H17ClFN5O4/c22-17-12-15(23)2-3-16(17)21(30)26-9-7-25(8-10-26)20(29)14-1-4-18(19(11-14)28(31)32)27-6-5-24-13-27/h1-6,11-13H,7-10H2. The van der Waals surface area contributed by atoms with Gasteiger partial charge >= 0.3 is 0 Å². The van der Waals surface area contributed by atoms with Gasteiger partial charge in [0, 0.05) is 50.2 Å². The van der Waals surface area contributed by atoms with Crippen LogP contribution in [0.2, 0.25) is 5.02 Å². The van der Waals surface area contributed by atoms with Gasteiger partial charge in [-0.2, -0.15) is 0 Å². The molecule has 32 heavy (non-hydrogen) atoms. The summed E-state index contributed by atoms with van der Waals surface area (Å²) in [5.74, 6) is -1.24. The zero-order valence-electron chi connectivity index (χ0n) is 16.6. The Morgan fingerprint density at radius 1 is 1.03 bits per heavy atom. The Kier molecular flexibility index (Phi) is 5.87. The largest absolute Gasteiger partial charge is 0.335 e. The quantitative estimate of drug-likeness (QED) is 0.442. The third-order valence-electron chi connectivity index (χ3n) is 5.22. The molecule has 0 saturated carbocycles. The summed E-state index contributed by atoms with van der Waals surface area (Å²) < 4.78 is 14.7. The fourth-order valence-electron chi connectivity index (χ4n) is 3.55. The van der Waals surface area contributed by atoms with Crippen LogP contribution in [-0.2, 0) is 0 Å². The minimum absolute atomic E-state index is 0.0267. The average Bonchev–Trinajstić information content (AvgIpc) is 3.33. The predicted molar refractivity (Wildman–Crippen MR) is 113 cm³/mol. The molecule has 11 heteroatoms. The monoisotopic (exact) mass is 457 g/mol. The highest BCUT2D eigenvalue weighted by Gasteiger charge is 2.28. The summed E-state index contributed by atoms with van der Waals surface area (Å²) in [5.41, 5.74) is 0.463. The van der Waals surface area contributed by atoms with Gasteiger partial charge in [-0.1, -0.05) is 11.6 Å². The van der Waals surface area contributed by atoms with Crippen molar-refractivity contribution in [3.8, 4) is 5.69 Å². The van der Waals surface area contributed by atoms with E-state index in [2.05, 4.69) is 4.98 Å². The highest BCUT2D eigenvalue weighted by atomic mass is 35.5. The maximum atomic E-state index is 13.2. The lowest BCUT2D eigenvalue weighted by molar-refractivity contribution is -0.384. The third kappa shape index (κ3) is 4.17. The van der Waals surface area contributed by atoms with Crippen LogP contribution in [0.15, 0.2) is 55.1 Å². The average molecular weight is 458 g/mol. The zero-order valence-corrected chi connectivity index (χ0v) is 17.4. The van der Waals surface area contributed by atoms with Gasteiger partial charge < -0.3 is 14.4 Å². The number of carbonyl (C=O) groups is 2. The van der Waals surface area contributed by atoms with Gasteiger partial charge in [-0.05, 0) is 30.3 Å². The first-order valence-electron chi connectivity index (χ1n) is 9.65. The number of nitro groups is 1. The van der Waals surface area contributed by atoms with Gasteiger partial charge in [0.25, 0.3) is 17.5 Å². The second kappa shape index (κ2) is 8.75. The molecular weight excluding hydrogens is 441 g/mol. The van der Waals surface area contributed by atoms with Gasteiger partial charge in [0.15, 0.2) is 0 Å². The Balaban J connectivity index is 1.47. The van der Waals surface area contributed by atoms with Crippen LogP contribution in [0.25, 0.3) is 5.69 Å². The molecule has 1 aromatic heterocycles. The van der Waals surface area contributed by atoms with Crippen molar-refractivity contribution in [3.05, 3.63) is 87.2 Å². The summed E-state index contributed by atoms with van der Waals surface area (Å²) >= 11 is 5.98. The van der Waals surface area contributed by atoms with Crippen LogP contribution in [-0.4, -0.2) is 62.3 Å². The van der Waals surface area contributed by atoms with Gasteiger partial charge in [-0.15, -0.1) is 0 Å². The molecule has 1 fully saturated rings. The molecule has 0 radical (unpaired) electrons. The normalized spacial score (nSPS) is 13.8. The molecule has 1 aliphatic heterocycles. The number of imidazole rings is 1. The molecule has 164 valence electrons. The lowest BCUT2D eigenvalue weighted by atomic mass is 10.1. The van der Waals surface area contributed by atoms with Gasteiger partial charge in [0.2, 0.25) is 0 Å². The van der Waals surface area contributed by atoms with Crippen LogP contribution in [0.4, 0.5) is 10.1 Å². The van der Waals surface area contributed by atoms with E-state index in [1.165, 1.54) is 57.2 Å². The smallest absolute Gasteiger partial charge is 0.294 e. The second-order valence-electron chi connectivity index (χ2n) is 7.14. The summed E-state index contributed by atoms with van der Waals surface area (Å²) in [4.78, 5) is 43.6. The van der Waals surface area contributed by atoms with Crippen LogP contribution < -0.4 is 0 Å². The Hall–Kier alpha value is -3.79. The summed E-state index contributed by atoms with van der Waals surface area (Å²) in [6.45, 7) is 1.02. The molecular formula is C21H17ClFN5O4. The number of carbonyl (C=O) groups excluding carboxylic acids is 2. The Morgan fingerprint density at radius 2 is 1.72 bits per heavy atom. The van der Waals surface area contributed by atoms with E-state index < -0.39 is 10.7 Å². The van der Waals surface area contributed by atoms with Crippen molar-refractivity contribution in [1.82, 2.24) is 19.4 Å². The fourth-order valence-corrected chi connectivity index (χ4v) is 3.80. The molecule has 9 nitrogen and oxygen atoms in total. The first-order chi connectivity index (χ1) is 15.3. The van der Waals surface area contributed by atoms with E-state index in [-0.39, 0.29) is 59.8 Å². The first kappa shape index (κ1) is 21.4. The number of aromatic nitrogens is 2. The van der Waals surface area contributed by atoms with Crippen LogP contribution in [0.3, 0.4) is 0 Å². The van der Waals surface area contributed by atoms with Crippen molar-refractivity contribution < 1.29 is 18.9 Å². The molecule has 1 saturated heterocycles. The van der Waals surface area contributed by atoms with Crippen molar-refractivity contribution in [2.75, 3.05) is 26.2 Å². The molecule has 2 aromatic carbocycles. The first-order valence-corrected chi connectivity index (χ1v) is 10.0. The zero-order chi connectivity index (χ0) is 22.8. The van der Waals surface area contributed by atoms with Crippen LogP contribution in [0, 0.1) is 15.9 Å². The molecule has 2 heterocycles. The minimum atomic E-state index is -0.546. The molecule has 1 aliphatic rings. The molecule has 0 bridgehead atoms. The Labute approximate surface area is 186 Å². The topological polar surface area (TPSA) is 102 Å². The van der Waals surface area contributed by atoms with Crippen LogP contribution >= 0.6 is 11.6 Å². The maximum absolute atomic E-state index is 13.2. The summed E-state index contributed by atoms with van der Waals surface area (Å²) in [6, 6.07) is 7.85. The molecule has 0 atom stereocenters. The molecule has 2 amide bonds. The fraction of sp³-hybridized carbons (Fsp3) is 0.190. The SMILES string of the molecule is O=C(c1ccc(-n2ccnc2)c([N+](=O)[O-])c1)N1CCN(C(=O)c2ccc(F)cc2Cl)CC1. The van der Waals surface area contributed by atoms with Crippen LogP contribution in [0.5, 0.6) is 0 Å². The molecule has 3 aromatic rings. The van der Waals surface area contributed by atoms with Gasteiger partial charge in [0.1, 0.15) is 11.5 Å². The number of amides is 2.